The van der Waals surface area contributed by atoms with Crippen LogP contribution in [0.3, 0.4) is 0 Å². The zero-order valence-electron chi connectivity index (χ0n) is 9.12. The summed E-state index contributed by atoms with van der Waals surface area (Å²) in [6.07, 6.45) is 1.11. The Kier molecular flexibility index (Phi) is 3.88. The smallest absolute Gasteiger partial charge is 0.334 e. The molecule has 1 heterocycles. The van der Waals surface area contributed by atoms with E-state index in [0.29, 0.717) is 13.0 Å². The van der Waals surface area contributed by atoms with E-state index in [4.69, 9.17) is 9.47 Å². The van der Waals surface area contributed by atoms with Gasteiger partial charge in [-0.25, -0.2) is 4.79 Å². The third-order valence-electron chi connectivity index (χ3n) is 2.38. The molecule has 0 radical (unpaired) electrons. The number of carbonyl (C=O) groups excluding carboxylic acids is 2. The van der Waals surface area contributed by atoms with Crippen LogP contribution in [-0.4, -0.2) is 24.6 Å². The largest absolute Gasteiger partial charge is 0.465 e. The minimum Gasteiger partial charge on any atom is -0.465 e. The van der Waals surface area contributed by atoms with E-state index in [0.717, 1.165) is 6.42 Å². The van der Waals surface area contributed by atoms with Crippen molar-refractivity contribution < 1.29 is 19.1 Å². The molecule has 4 nitrogen and oxygen atoms in total. The molecule has 0 bridgehead atoms. The topological polar surface area (TPSA) is 52.6 Å². The van der Waals surface area contributed by atoms with Gasteiger partial charge < -0.3 is 9.47 Å². The summed E-state index contributed by atoms with van der Waals surface area (Å²) in [7, 11) is 0. The first kappa shape index (κ1) is 11.8. The fourth-order valence-corrected chi connectivity index (χ4v) is 1.67. The van der Waals surface area contributed by atoms with Crippen molar-refractivity contribution in [2.75, 3.05) is 6.61 Å². The van der Waals surface area contributed by atoms with Crippen molar-refractivity contribution in [1.82, 2.24) is 0 Å². The van der Waals surface area contributed by atoms with Crippen molar-refractivity contribution in [3.8, 4) is 0 Å². The van der Waals surface area contributed by atoms with Crippen LogP contribution in [0.15, 0.2) is 12.2 Å². The summed E-state index contributed by atoms with van der Waals surface area (Å²) in [5.41, 5.74) is 0.215. The van der Waals surface area contributed by atoms with Gasteiger partial charge in [0.2, 0.25) is 0 Å². The van der Waals surface area contributed by atoms with Crippen molar-refractivity contribution >= 4 is 11.9 Å². The SMILES string of the molecule is C=C1C(=O)O[C@H](CCC)[C@H]1C(=O)OCC. The molecule has 0 aromatic carbocycles. The first-order valence-corrected chi connectivity index (χ1v) is 5.18. The van der Waals surface area contributed by atoms with Crippen LogP contribution in [0.4, 0.5) is 0 Å². The van der Waals surface area contributed by atoms with Crippen molar-refractivity contribution in [2.24, 2.45) is 5.92 Å². The highest BCUT2D eigenvalue weighted by molar-refractivity contribution is 5.98. The molecule has 0 spiro atoms. The molecular weight excluding hydrogens is 196 g/mol. The van der Waals surface area contributed by atoms with E-state index in [2.05, 4.69) is 6.58 Å². The van der Waals surface area contributed by atoms with E-state index in [1.165, 1.54) is 0 Å². The van der Waals surface area contributed by atoms with E-state index >= 15 is 0 Å². The molecule has 0 N–H and O–H groups in total. The molecule has 1 saturated heterocycles. The number of esters is 2. The minimum atomic E-state index is -0.614. The van der Waals surface area contributed by atoms with Crippen LogP contribution in [-0.2, 0) is 19.1 Å². The Hall–Kier alpha value is -1.32. The van der Waals surface area contributed by atoms with Gasteiger partial charge in [0.05, 0.1) is 6.61 Å². The monoisotopic (exact) mass is 212 g/mol. The lowest BCUT2D eigenvalue weighted by molar-refractivity contribution is -0.149. The Bertz CT molecular complexity index is 282. The molecule has 0 saturated carbocycles. The molecule has 1 aliphatic heterocycles. The molecule has 1 fully saturated rings. The summed E-state index contributed by atoms with van der Waals surface area (Å²) in [6, 6.07) is 0. The van der Waals surface area contributed by atoms with E-state index in [1.54, 1.807) is 6.92 Å². The maximum Gasteiger partial charge on any atom is 0.334 e. The van der Waals surface area contributed by atoms with E-state index < -0.39 is 24.0 Å². The average molecular weight is 212 g/mol. The normalized spacial score (nSPS) is 25.2. The Balaban J connectivity index is 2.76. The number of ether oxygens (including phenoxy) is 2. The van der Waals surface area contributed by atoms with Gasteiger partial charge in [0.25, 0.3) is 0 Å². The van der Waals surface area contributed by atoms with Crippen LogP contribution >= 0.6 is 0 Å². The minimum absolute atomic E-state index is 0.215. The van der Waals surface area contributed by atoms with Gasteiger partial charge in [-0.15, -0.1) is 0 Å². The first-order chi connectivity index (χ1) is 7.11. The van der Waals surface area contributed by atoms with Crippen LogP contribution in [0.5, 0.6) is 0 Å². The number of cyclic esters (lactones) is 1. The highest BCUT2D eigenvalue weighted by Crippen LogP contribution is 2.30. The molecule has 0 unspecified atom stereocenters. The van der Waals surface area contributed by atoms with Gasteiger partial charge >= 0.3 is 11.9 Å². The maximum absolute atomic E-state index is 11.6. The highest BCUT2D eigenvalue weighted by Gasteiger charge is 2.43. The standard InChI is InChI=1S/C11H16O4/c1-4-6-8-9(11(13)14-5-2)7(3)10(12)15-8/h8-9H,3-6H2,1-2H3/t8-,9+/m1/s1. The molecule has 0 aromatic heterocycles. The van der Waals surface area contributed by atoms with Crippen molar-refractivity contribution in [3.63, 3.8) is 0 Å². The van der Waals surface area contributed by atoms with Crippen LogP contribution < -0.4 is 0 Å². The predicted molar refractivity (Wildman–Crippen MR) is 54.1 cm³/mol. The summed E-state index contributed by atoms with van der Waals surface area (Å²) in [4.78, 5) is 22.8. The van der Waals surface area contributed by atoms with Crippen molar-refractivity contribution in [1.29, 1.82) is 0 Å². The molecule has 0 amide bonds. The molecule has 1 aliphatic rings. The lowest BCUT2D eigenvalue weighted by Crippen LogP contribution is -2.27. The Morgan fingerprint density at radius 2 is 2.20 bits per heavy atom. The Morgan fingerprint density at radius 3 is 2.73 bits per heavy atom. The Morgan fingerprint density at radius 1 is 1.53 bits per heavy atom. The third-order valence-corrected chi connectivity index (χ3v) is 2.38. The van der Waals surface area contributed by atoms with Gasteiger partial charge in [0, 0.05) is 5.57 Å². The fraction of sp³-hybridized carbons (Fsp3) is 0.636. The summed E-state index contributed by atoms with van der Waals surface area (Å²) < 4.78 is 9.94. The summed E-state index contributed by atoms with van der Waals surface area (Å²) in [5, 5.41) is 0. The average Bonchev–Trinajstić information content (AvgIpc) is 2.44. The molecule has 15 heavy (non-hydrogen) atoms. The predicted octanol–water partition coefficient (Wildman–Crippen LogP) is 1.45. The summed E-state index contributed by atoms with van der Waals surface area (Å²) in [6.45, 7) is 7.58. The molecular formula is C11H16O4. The second-order valence-electron chi connectivity index (χ2n) is 3.49. The molecule has 4 heteroatoms. The second kappa shape index (κ2) is 4.96. The lowest BCUT2D eigenvalue weighted by atomic mass is 9.94. The maximum atomic E-state index is 11.6. The third kappa shape index (κ3) is 2.37. The number of hydrogen-bond donors (Lipinski definition) is 0. The van der Waals surface area contributed by atoms with E-state index in [1.807, 2.05) is 6.92 Å². The van der Waals surface area contributed by atoms with Crippen LogP contribution in [0.1, 0.15) is 26.7 Å². The summed E-state index contributed by atoms with van der Waals surface area (Å²) >= 11 is 0. The zero-order valence-corrected chi connectivity index (χ0v) is 9.12. The molecule has 1 rings (SSSR count). The van der Waals surface area contributed by atoms with Crippen LogP contribution in [0, 0.1) is 5.92 Å². The van der Waals surface area contributed by atoms with E-state index in [-0.39, 0.29) is 5.57 Å². The molecule has 0 aromatic rings. The van der Waals surface area contributed by atoms with Gasteiger partial charge in [-0.05, 0) is 13.3 Å². The molecule has 0 aliphatic carbocycles. The number of rotatable bonds is 4. The van der Waals surface area contributed by atoms with Gasteiger partial charge in [-0.3, -0.25) is 4.79 Å². The van der Waals surface area contributed by atoms with Gasteiger partial charge in [0.1, 0.15) is 12.0 Å². The van der Waals surface area contributed by atoms with Crippen LogP contribution in [0.2, 0.25) is 0 Å². The van der Waals surface area contributed by atoms with Crippen molar-refractivity contribution in [3.05, 3.63) is 12.2 Å². The number of hydrogen-bond acceptors (Lipinski definition) is 4. The van der Waals surface area contributed by atoms with Gasteiger partial charge in [-0.1, -0.05) is 19.9 Å². The van der Waals surface area contributed by atoms with Gasteiger partial charge in [-0.2, -0.15) is 0 Å². The van der Waals surface area contributed by atoms with Gasteiger partial charge in [0.15, 0.2) is 0 Å². The van der Waals surface area contributed by atoms with Crippen LogP contribution in [0.25, 0.3) is 0 Å². The second-order valence-corrected chi connectivity index (χ2v) is 3.49. The Labute approximate surface area is 89.2 Å². The molecule has 2 atom stereocenters. The fourth-order valence-electron chi connectivity index (χ4n) is 1.67. The zero-order chi connectivity index (χ0) is 11.4. The lowest BCUT2D eigenvalue weighted by Gasteiger charge is -2.15. The quantitative estimate of drug-likeness (QED) is 0.522. The highest BCUT2D eigenvalue weighted by atomic mass is 16.6. The summed E-state index contributed by atoms with van der Waals surface area (Å²) in [5.74, 6) is -1.50. The molecule has 84 valence electrons. The van der Waals surface area contributed by atoms with E-state index in [9.17, 15) is 9.59 Å². The van der Waals surface area contributed by atoms with Crippen molar-refractivity contribution in [2.45, 2.75) is 32.8 Å². The number of carbonyl (C=O) groups is 2. The first-order valence-electron chi connectivity index (χ1n) is 5.18.